The van der Waals surface area contributed by atoms with Crippen molar-refractivity contribution in [2.75, 3.05) is 0 Å². The zero-order valence-electron chi connectivity index (χ0n) is 17.5. The molecule has 0 amide bonds. The second-order valence-corrected chi connectivity index (χ2v) is 8.62. The Balaban J connectivity index is 0.00000216. The zero-order chi connectivity index (χ0) is 21.8. The summed E-state index contributed by atoms with van der Waals surface area (Å²) in [6, 6.07) is 2.76. The molecule has 1 aliphatic carbocycles. The van der Waals surface area contributed by atoms with E-state index in [9.17, 15) is 19.1 Å². The first-order chi connectivity index (χ1) is 14.8. The number of fused-ring (bicyclic) bond motifs is 5. The molecule has 32 heavy (non-hydrogen) atoms. The van der Waals surface area contributed by atoms with Crippen molar-refractivity contribution >= 4 is 29.3 Å². The number of halogens is 2. The maximum atomic E-state index is 14.6. The standard InChI is InChI=1S/C23H20FN3O4.ClH/c1-3-23(30)13-5-17-20-11(7-27(17)21(28)12(13)8-31-22(23)29)18-15(25)4-10-9(2)14(24)6-16(26-20)19(10)18;/h5-6,15,30H,3-4,7-8,25H2,1-2H3;1H/t15-,23-;/m0./s1. The fourth-order valence-corrected chi connectivity index (χ4v) is 5.41. The molecule has 0 saturated carbocycles. The van der Waals surface area contributed by atoms with Crippen LogP contribution in [0.5, 0.6) is 0 Å². The summed E-state index contributed by atoms with van der Waals surface area (Å²) in [5, 5.41) is 11.9. The lowest BCUT2D eigenvalue weighted by molar-refractivity contribution is -0.172. The number of aromatic nitrogens is 2. The molecule has 9 heteroatoms. The van der Waals surface area contributed by atoms with Gasteiger partial charge in [0.1, 0.15) is 12.4 Å². The minimum Gasteiger partial charge on any atom is -0.458 e. The lowest BCUT2D eigenvalue weighted by atomic mass is 9.86. The molecule has 3 aliphatic rings. The van der Waals surface area contributed by atoms with Gasteiger partial charge in [0, 0.05) is 28.6 Å². The highest BCUT2D eigenvalue weighted by atomic mass is 35.5. The van der Waals surface area contributed by atoms with E-state index in [1.165, 1.54) is 6.07 Å². The zero-order valence-corrected chi connectivity index (χ0v) is 18.3. The van der Waals surface area contributed by atoms with Crippen molar-refractivity contribution in [2.24, 2.45) is 5.73 Å². The first-order valence-electron chi connectivity index (χ1n) is 10.3. The molecule has 6 rings (SSSR count). The molecule has 4 heterocycles. The van der Waals surface area contributed by atoms with Crippen LogP contribution in [0.4, 0.5) is 4.39 Å². The van der Waals surface area contributed by atoms with Crippen LogP contribution in [0.1, 0.15) is 52.8 Å². The second kappa shape index (κ2) is 6.60. The SMILES string of the molecule is CC[C@@]1(O)C(=O)OCc2c1cc1n(c2=O)Cc2c-1nc1cc(F)c(C)c3c1c2[C@@H](N)C3.Cl. The number of esters is 1. The van der Waals surface area contributed by atoms with E-state index in [0.29, 0.717) is 28.9 Å². The number of rotatable bonds is 1. The van der Waals surface area contributed by atoms with Gasteiger partial charge in [0.2, 0.25) is 0 Å². The summed E-state index contributed by atoms with van der Waals surface area (Å²) >= 11 is 0. The van der Waals surface area contributed by atoms with Crippen molar-refractivity contribution in [1.82, 2.24) is 9.55 Å². The minimum atomic E-state index is -1.88. The van der Waals surface area contributed by atoms with E-state index in [4.69, 9.17) is 15.5 Å². The van der Waals surface area contributed by atoms with Crippen molar-refractivity contribution in [1.29, 1.82) is 0 Å². The molecule has 0 saturated heterocycles. The maximum absolute atomic E-state index is 14.6. The predicted molar refractivity (Wildman–Crippen MR) is 117 cm³/mol. The third-order valence-corrected chi connectivity index (χ3v) is 7.14. The molecule has 166 valence electrons. The normalized spacial score (nSPS) is 22.3. The molecule has 0 unspecified atom stereocenters. The summed E-state index contributed by atoms with van der Waals surface area (Å²) < 4.78 is 21.2. The number of cyclic esters (lactones) is 1. The monoisotopic (exact) mass is 457 g/mol. The van der Waals surface area contributed by atoms with Gasteiger partial charge in [-0.2, -0.15) is 0 Å². The molecule has 0 spiro atoms. The lowest BCUT2D eigenvalue weighted by Crippen LogP contribution is -2.44. The van der Waals surface area contributed by atoms with Gasteiger partial charge in [-0.15, -0.1) is 12.4 Å². The number of pyridine rings is 2. The Hall–Kier alpha value is -2.81. The van der Waals surface area contributed by atoms with Crippen LogP contribution in [-0.4, -0.2) is 20.6 Å². The van der Waals surface area contributed by atoms with Crippen LogP contribution in [0.25, 0.3) is 22.3 Å². The predicted octanol–water partition coefficient (Wildman–Crippen LogP) is 2.50. The Morgan fingerprint density at radius 3 is 2.78 bits per heavy atom. The van der Waals surface area contributed by atoms with Gasteiger partial charge in [-0.3, -0.25) is 4.79 Å². The number of carbonyl (C=O) groups excluding carboxylic acids is 1. The average molecular weight is 458 g/mol. The van der Waals surface area contributed by atoms with E-state index in [1.54, 1.807) is 24.5 Å². The third-order valence-electron chi connectivity index (χ3n) is 7.14. The van der Waals surface area contributed by atoms with Gasteiger partial charge >= 0.3 is 5.97 Å². The van der Waals surface area contributed by atoms with E-state index >= 15 is 0 Å². The Morgan fingerprint density at radius 2 is 2.06 bits per heavy atom. The van der Waals surface area contributed by atoms with Crippen molar-refractivity contribution in [3.63, 3.8) is 0 Å². The van der Waals surface area contributed by atoms with Gasteiger partial charge < -0.3 is 20.1 Å². The number of ether oxygens (including phenoxy) is 1. The van der Waals surface area contributed by atoms with Crippen LogP contribution >= 0.6 is 12.4 Å². The lowest BCUT2D eigenvalue weighted by Gasteiger charge is -2.31. The first-order valence-corrected chi connectivity index (χ1v) is 10.3. The molecule has 2 aliphatic heterocycles. The molecule has 2 aromatic heterocycles. The Kier molecular flexibility index (Phi) is 4.34. The number of benzene rings is 1. The Bertz CT molecular complexity index is 1430. The highest BCUT2D eigenvalue weighted by Crippen LogP contribution is 2.46. The van der Waals surface area contributed by atoms with Gasteiger partial charge in [0.05, 0.1) is 29.0 Å². The number of hydrogen-bond acceptors (Lipinski definition) is 6. The Morgan fingerprint density at radius 1 is 1.31 bits per heavy atom. The molecule has 0 bridgehead atoms. The van der Waals surface area contributed by atoms with E-state index in [0.717, 1.165) is 22.1 Å². The van der Waals surface area contributed by atoms with Gasteiger partial charge in [0.15, 0.2) is 5.60 Å². The second-order valence-electron chi connectivity index (χ2n) is 8.62. The van der Waals surface area contributed by atoms with Crippen molar-refractivity contribution in [3.8, 4) is 11.4 Å². The molecule has 7 nitrogen and oxygen atoms in total. The number of nitrogens with zero attached hydrogens (tertiary/aromatic N) is 2. The first kappa shape index (κ1) is 21.1. The third kappa shape index (κ3) is 2.34. The summed E-state index contributed by atoms with van der Waals surface area (Å²) in [7, 11) is 0. The fraction of sp³-hybridized carbons (Fsp3) is 0.348. The van der Waals surface area contributed by atoms with Crippen LogP contribution in [-0.2, 0) is 34.7 Å². The topological polar surface area (TPSA) is 107 Å². The smallest absolute Gasteiger partial charge is 0.343 e. The number of carbonyl (C=O) groups is 1. The molecule has 0 radical (unpaired) electrons. The number of hydrogen-bond donors (Lipinski definition) is 2. The van der Waals surface area contributed by atoms with E-state index in [-0.39, 0.29) is 60.5 Å². The molecular weight excluding hydrogens is 437 g/mol. The number of aliphatic hydroxyl groups is 1. The largest absolute Gasteiger partial charge is 0.458 e. The van der Waals surface area contributed by atoms with Gasteiger partial charge in [-0.05, 0) is 42.5 Å². The van der Waals surface area contributed by atoms with Crippen LogP contribution < -0.4 is 11.3 Å². The van der Waals surface area contributed by atoms with E-state index < -0.39 is 11.6 Å². The maximum Gasteiger partial charge on any atom is 0.343 e. The van der Waals surface area contributed by atoms with Crippen LogP contribution in [0.2, 0.25) is 0 Å². The number of nitrogens with two attached hydrogens (primary N) is 1. The van der Waals surface area contributed by atoms with Crippen molar-refractivity contribution in [2.45, 2.75) is 51.5 Å². The summed E-state index contributed by atoms with van der Waals surface area (Å²) in [6.45, 7) is 3.52. The quantitative estimate of drug-likeness (QED) is 0.425. The summed E-state index contributed by atoms with van der Waals surface area (Å²) in [5.74, 6) is -1.10. The highest BCUT2D eigenvalue weighted by Gasteiger charge is 2.45. The minimum absolute atomic E-state index is 0. The summed E-state index contributed by atoms with van der Waals surface area (Å²) in [6.07, 6.45) is 0.594. The van der Waals surface area contributed by atoms with Crippen LogP contribution in [0.3, 0.4) is 0 Å². The van der Waals surface area contributed by atoms with Crippen LogP contribution in [0.15, 0.2) is 16.9 Å². The van der Waals surface area contributed by atoms with Crippen molar-refractivity contribution in [3.05, 3.63) is 61.7 Å². The van der Waals surface area contributed by atoms with E-state index in [1.807, 2.05) is 0 Å². The average Bonchev–Trinajstić information content (AvgIpc) is 3.28. The van der Waals surface area contributed by atoms with Gasteiger partial charge in [-0.1, -0.05) is 6.92 Å². The molecule has 1 aromatic carbocycles. The molecule has 3 N–H and O–H groups in total. The Labute approximate surface area is 188 Å². The molecular formula is C23H21ClFN3O4. The van der Waals surface area contributed by atoms with E-state index in [2.05, 4.69) is 0 Å². The van der Waals surface area contributed by atoms with Gasteiger partial charge in [-0.25, -0.2) is 14.2 Å². The van der Waals surface area contributed by atoms with Gasteiger partial charge in [0.25, 0.3) is 5.56 Å². The molecule has 2 atom stereocenters. The van der Waals surface area contributed by atoms with Crippen LogP contribution in [0, 0.1) is 12.7 Å². The fourth-order valence-electron chi connectivity index (χ4n) is 5.41. The molecule has 0 fully saturated rings. The highest BCUT2D eigenvalue weighted by molar-refractivity contribution is 5.94. The summed E-state index contributed by atoms with van der Waals surface area (Å²) in [4.78, 5) is 30.4. The molecule has 3 aromatic rings. The van der Waals surface area contributed by atoms with Crippen molar-refractivity contribution < 1.29 is 19.0 Å². The summed E-state index contributed by atoms with van der Waals surface area (Å²) in [5.41, 5.74) is 9.53.